The van der Waals surface area contributed by atoms with Crippen LogP contribution in [-0.2, 0) is 4.74 Å². The highest BCUT2D eigenvalue weighted by Crippen LogP contribution is 2.31. The average molecular weight is 361 g/mol. The molecule has 0 aliphatic carbocycles. The molecular weight excluding hydrogens is 342 g/mol. The van der Waals surface area contributed by atoms with Crippen LogP contribution >= 0.6 is 27.5 Å². The third kappa shape index (κ3) is 3.74. The first-order valence-corrected chi connectivity index (χ1v) is 7.96. The molecule has 1 aromatic rings. The number of rotatable bonds is 3. The highest BCUT2D eigenvalue weighted by molar-refractivity contribution is 9.10. The molecule has 20 heavy (non-hydrogen) atoms. The number of carbonyl (C=O) groups excluding carboxylic acids is 1. The van der Waals surface area contributed by atoms with Crippen LogP contribution in [-0.4, -0.2) is 24.7 Å². The van der Waals surface area contributed by atoms with E-state index in [4.69, 9.17) is 16.3 Å². The Hall–Kier alpha value is -0.580. The van der Waals surface area contributed by atoms with E-state index in [0.29, 0.717) is 21.0 Å². The van der Waals surface area contributed by atoms with Crippen LogP contribution in [0.25, 0.3) is 0 Å². The second-order valence-corrected chi connectivity index (χ2v) is 6.93. The molecule has 0 saturated carbocycles. The van der Waals surface area contributed by atoms with Crippen LogP contribution < -0.4 is 5.32 Å². The third-order valence-electron chi connectivity index (χ3n) is 3.83. The zero-order chi connectivity index (χ0) is 14.8. The van der Waals surface area contributed by atoms with Crippen molar-refractivity contribution in [2.75, 3.05) is 13.1 Å². The number of piperidine rings is 1. The normalized spacial score (nSPS) is 17.0. The molecule has 1 fully saturated rings. The van der Waals surface area contributed by atoms with Gasteiger partial charge in [0.05, 0.1) is 5.56 Å². The molecule has 1 aliphatic heterocycles. The van der Waals surface area contributed by atoms with E-state index < -0.39 is 5.60 Å². The van der Waals surface area contributed by atoms with E-state index >= 15 is 0 Å². The van der Waals surface area contributed by atoms with Gasteiger partial charge in [-0.2, -0.15) is 0 Å². The molecule has 2 rings (SSSR count). The minimum Gasteiger partial charge on any atom is -0.456 e. The molecule has 1 N–H and O–H groups in total. The van der Waals surface area contributed by atoms with E-state index in [0.717, 1.165) is 25.9 Å². The highest BCUT2D eigenvalue weighted by atomic mass is 79.9. The van der Waals surface area contributed by atoms with Gasteiger partial charge in [0, 0.05) is 15.4 Å². The second kappa shape index (κ2) is 6.46. The van der Waals surface area contributed by atoms with E-state index in [2.05, 4.69) is 21.2 Å². The van der Waals surface area contributed by atoms with E-state index in [1.807, 2.05) is 13.8 Å². The van der Waals surface area contributed by atoms with Gasteiger partial charge in [-0.1, -0.05) is 11.6 Å². The lowest BCUT2D eigenvalue weighted by Crippen LogP contribution is -2.42. The van der Waals surface area contributed by atoms with Gasteiger partial charge >= 0.3 is 5.97 Å². The number of hydrogen-bond donors (Lipinski definition) is 1. The summed E-state index contributed by atoms with van der Waals surface area (Å²) in [6, 6.07) is 5.13. The first-order chi connectivity index (χ1) is 9.40. The van der Waals surface area contributed by atoms with Gasteiger partial charge in [-0.25, -0.2) is 4.79 Å². The van der Waals surface area contributed by atoms with Gasteiger partial charge in [0.2, 0.25) is 0 Å². The summed E-state index contributed by atoms with van der Waals surface area (Å²) in [4.78, 5) is 12.3. The lowest BCUT2D eigenvalue weighted by atomic mass is 9.83. The smallest absolute Gasteiger partial charge is 0.339 e. The Labute approximate surface area is 133 Å². The Morgan fingerprint density at radius 3 is 2.70 bits per heavy atom. The third-order valence-corrected chi connectivity index (χ3v) is 4.75. The Morgan fingerprint density at radius 2 is 2.05 bits per heavy atom. The number of ether oxygens (including phenoxy) is 1. The molecule has 5 heteroatoms. The summed E-state index contributed by atoms with van der Waals surface area (Å²) in [5.74, 6) is 0.0496. The minimum atomic E-state index is -0.471. The van der Waals surface area contributed by atoms with Crippen LogP contribution in [0.1, 0.15) is 37.0 Å². The fourth-order valence-electron chi connectivity index (χ4n) is 2.55. The zero-order valence-corrected chi connectivity index (χ0v) is 14.1. The summed E-state index contributed by atoms with van der Waals surface area (Å²) >= 11 is 9.31. The minimum absolute atomic E-state index is 0.331. The van der Waals surface area contributed by atoms with Crippen LogP contribution in [0, 0.1) is 5.92 Å². The van der Waals surface area contributed by atoms with Crippen LogP contribution in [0.3, 0.4) is 0 Å². The summed E-state index contributed by atoms with van der Waals surface area (Å²) in [6.45, 7) is 5.93. The van der Waals surface area contributed by atoms with Gasteiger partial charge < -0.3 is 10.1 Å². The maximum absolute atomic E-state index is 12.3. The summed E-state index contributed by atoms with van der Waals surface area (Å²) in [5.41, 5.74) is 0.000479. The number of esters is 1. The molecule has 0 atom stereocenters. The van der Waals surface area contributed by atoms with Crippen molar-refractivity contribution in [3.8, 4) is 0 Å². The van der Waals surface area contributed by atoms with Gasteiger partial charge in [0.15, 0.2) is 0 Å². The van der Waals surface area contributed by atoms with Crippen molar-refractivity contribution in [2.45, 2.75) is 32.3 Å². The monoisotopic (exact) mass is 359 g/mol. The largest absolute Gasteiger partial charge is 0.456 e. The van der Waals surface area contributed by atoms with E-state index in [9.17, 15) is 4.79 Å². The van der Waals surface area contributed by atoms with Gasteiger partial charge in [-0.15, -0.1) is 0 Å². The number of hydrogen-bond acceptors (Lipinski definition) is 3. The topological polar surface area (TPSA) is 38.3 Å². The number of carbonyl (C=O) groups is 1. The van der Waals surface area contributed by atoms with Gasteiger partial charge in [0.1, 0.15) is 5.60 Å². The SMILES string of the molecule is CC(C)(OC(=O)c1cc(Cl)ccc1Br)C1CCNCC1. The van der Waals surface area contributed by atoms with Crippen LogP contribution in [0.4, 0.5) is 0 Å². The Bertz CT molecular complexity index is 499. The summed E-state index contributed by atoms with van der Waals surface area (Å²) in [6.07, 6.45) is 2.05. The molecule has 0 amide bonds. The van der Waals surface area contributed by atoms with E-state index in [1.54, 1.807) is 18.2 Å². The van der Waals surface area contributed by atoms with Crippen molar-refractivity contribution >= 4 is 33.5 Å². The van der Waals surface area contributed by atoms with E-state index in [-0.39, 0.29) is 5.97 Å². The molecule has 3 nitrogen and oxygen atoms in total. The van der Waals surface area contributed by atoms with Crippen molar-refractivity contribution in [1.29, 1.82) is 0 Å². The predicted octanol–water partition coefficient (Wildman–Crippen LogP) is 4.04. The van der Waals surface area contributed by atoms with Gasteiger partial charge in [0.25, 0.3) is 0 Å². The first-order valence-electron chi connectivity index (χ1n) is 6.79. The molecule has 1 saturated heterocycles. The number of benzene rings is 1. The fraction of sp³-hybridized carbons (Fsp3) is 0.533. The molecule has 0 aromatic heterocycles. The van der Waals surface area contributed by atoms with Crippen LogP contribution in [0.15, 0.2) is 22.7 Å². The van der Waals surface area contributed by atoms with Gasteiger partial charge in [-0.3, -0.25) is 0 Å². The highest BCUT2D eigenvalue weighted by Gasteiger charge is 2.34. The van der Waals surface area contributed by atoms with Crippen molar-refractivity contribution in [3.63, 3.8) is 0 Å². The van der Waals surface area contributed by atoms with Crippen molar-refractivity contribution in [3.05, 3.63) is 33.3 Å². The predicted molar refractivity (Wildman–Crippen MR) is 84.2 cm³/mol. The maximum atomic E-state index is 12.3. The Morgan fingerprint density at radius 1 is 1.40 bits per heavy atom. The molecule has 1 aromatic carbocycles. The van der Waals surface area contributed by atoms with Gasteiger partial charge in [-0.05, 0) is 73.9 Å². The van der Waals surface area contributed by atoms with Crippen LogP contribution in [0.5, 0.6) is 0 Å². The molecule has 0 bridgehead atoms. The molecule has 1 heterocycles. The van der Waals surface area contributed by atoms with E-state index in [1.165, 1.54) is 0 Å². The summed E-state index contributed by atoms with van der Waals surface area (Å²) < 4.78 is 6.45. The van der Waals surface area contributed by atoms with Crippen molar-refractivity contribution in [2.24, 2.45) is 5.92 Å². The lowest BCUT2D eigenvalue weighted by molar-refractivity contribution is -0.0368. The first kappa shape index (κ1) is 15.8. The zero-order valence-electron chi connectivity index (χ0n) is 11.7. The summed E-state index contributed by atoms with van der Waals surface area (Å²) in [5, 5.41) is 3.85. The van der Waals surface area contributed by atoms with Crippen molar-refractivity contribution < 1.29 is 9.53 Å². The van der Waals surface area contributed by atoms with Crippen molar-refractivity contribution in [1.82, 2.24) is 5.32 Å². The molecule has 1 aliphatic rings. The maximum Gasteiger partial charge on any atom is 0.339 e. The van der Waals surface area contributed by atoms with Crippen LogP contribution in [0.2, 0.25) is 5.02 Å². The summed E-state index contributed by atoms with van der Waals surface area (Å²) in [7, 11) is 0. The number of halogens is 2. The average Bonchev–Trinajstić information content (AvgIpc) is 2.42. The fourth-order valence-corrected chi connectivity index (χ4v) is 3.13. The standard InChI is InChI=1S/C15H19BrClNO2/c1-15(2,10-5-7-18-8-6-10)20-14(19)12-9-11(17)3-4-13(12)16/h3-4,9-10,18H,5-8H2,1-2H3. The number of nitrogens with one attached hydrogen (secondary N) is 1. The molecule has 110 valence electrons. The second-order valence-electron chi connectivity index (χ2n) is 5.64. The molecule has 0 unspecified atom stereocenters. The quantitative estimate of drug-likeness (QED) is 0.827. The molecule has 0 radical (unpaired) electrons. The Kier molecular flexibility index (Phi) is 5.10. The Balaban J connectivity index is 2.11. The molecular formula is C15H19BrClNO2. The molecule has 0 spiro atoms. The lowest BCUT2D eigenvalue weighted by Gasteiger charge is -2.36.